The first-order valence-corrected chi connectivity index (χ1v) is 12.0. The zero-order chi connectivity index (χ0) is 23.7. The maximum Gasteiger partial charge on any atom is 0.270 e. The highest BCUT2D eigenvalue weighted by Gasteiger charge is 2.24. The predicted octanol–water partition coefficient (Wildman–Crippen LogP) is 5.76. The SMILES string of the molecule is COc1ccc(C)c2sc(N(CCCN(C)C)C(=O)c3cc4cc([N+](=O)[O-])ccc4s3)nc12.Cl. The van der Waals surface area contributed by atoms with Crippen molar-refractivity contribution >= 4 is 72.1 Å². The maximum absolute atomic E-state index is 13.6. The Balaban J connectivity index is 0.00000324. The molecule has 0 aliphatic rings. The van der Waals surface area contributed by atoms with Crippen molar-refractivity contribution in [2.24, 2.45) is 0 Å². The van der Waals surface area contributed by atoms with E-state index >= 15 is 0 Å². The average molecular weight is 521 g/mol. The highest BCUT2D eigenvalue weighted by Crippen LogP contribution is 2.38. The van der Waals surface area contributed by atoms with Crippen LogP contribution in [-0.4, -0.2) is 55.0 Å². The number of aromatic nitrogens is 1. The second kappa shape index (κ2) is 10.6. The normalized spacial score (nSPS) is 11.1. The number of halogens is 1. The molecule has 0 spiro atoms. The number of hydrogen-bond donors (Lipinski definition) is 0. The van der Waals surface area contributed by atoms with E-state index in [-0.39, 0.29) is 24.0 Å². The molecular formula is C23H25ClN4O4S2. The monoisotopic (exact) mass is 520 g/mol. The molecule has 0 aliphatic carbocycles. The van der Waals surface area contributed by atoms with E-state index in [9.17, 15) is 14.9 Å². The van der Waals surface area contributed by atoms with E-state index in [0.29, 0.717) is 27.7 Å². The van der Waals surface area contributed by atoms with Gasteiger partial charge in [-0.1, -0.05) is 17.4 Å². The van der Waals surface area contributed by atoms with E-state index in [1.165, 1.54) is 34.8 Å². The molecule has 8 nitrogen and oxygen atoms in total. The summed E-state index contributed by atoms with van der Waals surface area (Å²) in [6, 6.07) is 10.3. The number of fused-ring (bicyclic) bond motifs is 2. The molecule has 0 fully saturated rings. The molecule has 0 saturated carbocycles. The van der Waals surface area contributed by atoms with Crippen LogP contribution in [0.1, 0.15) is 21.7 Å². The lowest BCUT2D eigenvalue weighted by Crippen LogP contribution is -2.32. The third-order valence-electron chi connectivity index (χ3n) is 5.30. The second-order valence-corrected chi connectivity index (χ2v) is 10.0. The minimum absolute atomic E-state index is 0. The van der Waals surface area contributed by atoms with E-state index in [0.717, 1.165) is 33.4 Å². The molecule has 0 aliphatic heterocycles. The molecule has 0 bridgehead atoms. The summed E-state index contributed by atoms with van der Waals surface area (Å²) in [7, 11) is 5.60. The molecule has 4 aromatic rings. The number of non-ortho nitro benzene ring substituents is 1. The van der Waals surface area contributed by atoms with Crippen LogP contribution in [0.2, 0.25) is 0 Å². The number of nitrogens with zero attached hydrogens (tertiary/aromatic N) is 4. The van der Waals surface area contributed by atoms with Crippen molar-refractivity contribution < 1.29 is 14.5 Å². The molecule has 2 heterocycles. The van der Waals surface area contributed by atoms with Gasteiger partial charge in [0.05, 0.1) is 21.6 Å². The Hall–Kier alpha value is -2.79. The van der Waals surface area contributed by atoms with Gasteiger partial charge in [-0.15, -0.1) is 23.7 Å². The third-order valence-corrected chi connectivity index (χ3v) is 7.61. The zero-order valence-corrected chi connectivity index (χ0v) is 21.7. The lowest BCUT2D eigenvalue weighted by Gasteiger charge is -2.20. The summed E-state index contributed by atoms with van der Waals surface area (Å²) in [5, 5.41) is 12.4. The number of hydrogen-bond acceptors (Lipinski definition) is 8. The fourth-order valence-corrected chi connectivity index (χ4v) is 5.66. The van der Waals surface area contributed by atoms with Crippen LogP contribution in [0.4, 0.5) is 10.8 Å². The molecule has 180 valence electrons. The first-order valence-electron chi connectivity index (χ1n) is 10.4. The fourth-order valence-electron chi connectivity index (χ4n) is 3.59. The number of thiophene rings is 1. The number of carbonyl (C=O) groups excluding carboxylic acids is 1. The molecule has 2 aromatic heterocycles. The molecular weight excluding hydrogens is 496 g/mol. The summed E-state index contributed by atoms with van der Waals surface area (Å²) >= 11 is 2.81. The van der Waals surface area contributed by atoms with Gasteiger partial charge >= 0.3 is 0 Å². The lowest BCUT2D eigenvalue weighted by molar-refractivity contribution is -0.384. The first kappa shape index (κ1) is 25.8. The van der Waals surface area contributed by atoms with Crippen molar-refractivity contribution in [1.82, 2.24) is 9.88 Å². The van der Waals surface area contributed by atoms with Crippen LogP contribution in [0.3, 0.4) is 0 Å². The van der Waals surface area contributed by atoms with E-state index in [1.54, 1.807) is 24.1 Å². The van der Waals surface area contributed by atoms with Crippen LogP contribution in [0.25, 0.3) is 20.3 Å². The van der Waals surface area contributed by atoms with E-state index in [1.807, 2.05) is 33.2 Å². The Morgan fingerprint density at radius 3 is 2.59 bits per heavy atom. The van der Waals surface area contributed by atoms with Gasteiger partial charge in [0.15, 0.2) is 5.13 Å². The largest absolute Gasteiger partial charge is 0.494 e. The van der Waals surface area contributed by atoms with Gasteiger partial charge in [0.25, 0.3) is 11.6 Å². The van der Waals surface area contributed by atoms with Gasteiger partial charge in [-0.2, -0.15) is 0 Å². The van der Waals surface area contributed by atoms with E-state index in [2.05, 4.69) is 4.90 Å². The molecule has 0 atom stereocenters. The minimum atomic E-state index is -0.428. The Morgan fingerprint density at radius 2 is 1.91 bits per heavy atom. The number of thiazole rings is 1. The number of nitro benzene ring substituents is 1. The number of benzene rings is 2. The van der Waals surface area contributed by atoms with Crippen molar-refractivity contribution in [3.8, 4) is 5.75 Å². The average Bonchev–Trinajstić information content (AvgIpc) is 3.41. The van der Waals surface area contributed by atoms with E-state index < -0.39 is 4.92 Å². The molecule has 11 heteroatoms. The molecule has 4 rings (SSSR count). The van der Waals surface area contributed by atoms with Gasteiger partial charge in [-0.05, 0) is 57.7 Å². The Morgan fingerprint density at radius 1 is 1.15 bits per heavy atom. The summed E-state index contributed by atoms with van der Waals surface area (Å²) in [6.07, 6.45) is 0.779. The Bertz CT molecular complexity index is 1350. The highest BCUT2D eigenvalue weighted by molar-refractivity contribution is 7.23. The van der Waals surface area contributed by atoms with Crippen LogP contribution >= 0.6 is 35.1 Å². The van der Waals surface area contributed by atoms with Crippen LogP contribution in [0, 0.1) is 17.0 Å². The quantitative estimate of drug-likeness (QED) is 0.217. The zero-order valence-electron chi connectivity index (χ0n) is 19.2. The van der Waals surface area contributed by atoms with Crippen LogP contribution < -0.4 is 9.64 Å². The number of aryl methyl sites for hydroxylation is 1. The van der Waals surface area contributed by atoms with Gasteiger partial charge in [0.1, 0.15) is 11.3 Å². The van der Waals surface area contributed by atoms with Gasteiger partial charge in [-0.25, -0.2) is 4.98 Å². The molecule has 1 amide bonds. The number of rotatable bonds is 8. The van der Waals surface area contributed by atoms with Gasteiger partial charge < -0.3 is 9.64 Å². The molecule has 0 saturated heterocycles. The van der Waals surface area contributed by atoms with Crippen LogP contribution in [0.5, 0.6) is 5.75 Å². The van der Waals surface area contributed by atoms with Crippen molar-refractivity contribution in [2.45, 2.75) is 13.3 Å². The number of ether oxygens (including phenoxy) is 1. The highest BCUT2D eigenvalue weighted by atomic mass is 35.5. The number of methoxy groups -OCH3 is 1. The van der Waals surface area contributed by atoms with Gasteiger partial charge in [0, 0.05) is 28.8 Å². The molecule has 0 radical (unpaired) electrons. The summed E-state index contributed by atoms with van der Waals surface area (Å²) < 4.78 is 7.30. The Kier molecular flexibility index (Phi) is 8.09. The topological polar surface area (TPSA) is 88.8 Å². The predicted molar refractivity (Wildman–Crippen MR) is 141 cm³/mol. The van der Waals surface area contributed by atoms with Crippen molar-refractivity contribution in [2.75, 3.05) is 39.2 Å². The summed E-state index contributed by atoms with van der Waals surface area (Å²) in [4.78, 5) is 33.4. The third kappa shape index (κ3) is 5.15. The van der Waals surface area contributed by atoms with Gasteiger partial charge in [0.2, 0.25) is 0 Å². The maximum atomic E-state index is 13.6. The molecule has 34 heavy (non-hydrogen) atoms. The summed E-state index contributed by atoms with van der Waals surface area (Å²) in [5.41, 5.74) is 1.83. The number of carbonyl (C=O) groups is 1. The standard InChI is InChI=1S/C23H24N4O4S2.ClH/c1-14-6-8-17(31-4)20-21(14)33-23(24-20)26(11-5-10-25(2)3)22(28)19-13-15-12-16(27(29)30)7-9-18(15)32-19;/h6-9,12-13H,5,10-11H2,1-4H3;1H. The van der Waals surface area contributed by atoms with Crippen molar-refractivity contribution in [3.05, 3.63) is 57.0 Å². The molecule has 2 aromatic carbocycles. The lowest BCUT2D eigenvalue weighted by atomic mass is 10.2. The number of nitro groups is 1. The number of amides is 1. The fraction of sp³-hybridized carbons (Fsp3) is 0.304. The van der Waals surface area contributed by atoms with Crippen LogP contribution in [-0.2, 0) is 0 Å². The summed E-state index contributed by atoms with van der Waals surface area (Å²) in [6.45, 7) is 3.35. The second-order valence-electron chi connectivity index (χ2n) is 7.96. The minimum Gasteiger partial charge on any atom is -0.494 e. The van der Waals surface area contributed by atoms with Crippen molar-refractivity contribution in [3.63, 3.8) is 0 Å². The van der Waals surface area contributed by atoms with Crippen molar-refractivity contribution in [1.29, 1.82) is 0 Å². The molecule has 0 N–H and O–H groups in total. The first-order chi connectivity index (χ1) is 15.8. The van der Waals surface area contributed by atoms with Crippen LogP contribution in [0.15, 0.2) is 36.4 Å². The van der Waals surface area contributed by atoms with Gasteiger partial charge in [-0.3, -0.25) is 19.8 Å². The summed E-state index contributed by atoms with van der Waals surface area (Å²) in [5.74, 6) is 0.515. The smallest absolute Gasteiger partial charge is 0.270 e. The number of anilines is 1. The van der Waals surface area contributed by atoms with E-state index in [4.69, 9.17) is 9.72 Å². The molecule has 0 unspecified atom stereocenters. The Labute approximate surface area is 211 Å².